The third kappa shape index (κ3) is 3.66. The number of nitrogens with zero attached hydrogens (tertiary/aromatic N) is 3. The molecule has 0 bridgehead atoms. The van der Waals surface area contributed by atoms with E-state index in [0.717, 1.165) is 11.3 Å². The van der Waals surface area contributed by atoms with Gasteiger partial charge < -0.3 is 5.32 Å². The Hall–Kier alpha value is -3.64. The van der Waals surface area contributed by atoms with Crippen molar-refractivity contribution in [1.82, 2.24) is 9.97 Å². The zero-order valence-corrected chi connectivity index (χ0v) is 16.9. The van der Waals surface area contributed by atoms with Gasteiger partial charge in [-0.1, -0.05) is 41.9 Å². The number of anilines is 2. The summed E-state index contributed by atoms with van der Waals surface area (Å²) in [5.74, 6) is -0.965. The van der Waals surface area contributed by atoms with E-state index in [4.69, 9.17) is 11.6 Å². The highest BCUT2D eigenvalue weighted by Crippen LogP contribution is 2.34. The largest absolute Gasteiger partial charge is 0.324 e. The van der Waals surface area contributed by atoms with E-state index in [2.05, 4.69) is 20.3 Å². The van der Waals surface area contributed by atoms with Crippen LogP contribution in [-0.4, -0.2) is 15.7 Å². The SMILES string of the molecule is Fc1cccc(F)c1C1=NCc2cnc(Nc3ccccc3)nc2-c2ccc(Cl)cc21. The maximum Gasteiger partial charge on any atom is 0.227 e. The van der Waals surface area contributed by atoms with Gasteiger partial charge in [-0.25, -0.2) is 18.7 Å². The van der Waals surface area contributed by atoms with E-state index >= 15 is 0 Å². The predicted molar refractivity (Wildman–Crippen MR) is 118 cm³/mol. The highest BCUT2D eigenvalue weighted by Gasteiger charge is 2.25. The summed E-state index contributed by atoms with van der Waals surface area (Å²) < 4.78 is 29.2. The molecule has 7 heteroatoms. The Bertz CT molecular complexity index is 1300. The first-order valence-electron chi connectivity index (χ1n) is 9.57. The van der Waals surface area contributed by atoms with Crippen LogP contribution in [0.5, 0.6) is 0 Å². The van der Waals surface area contributed by atoms with Crippen LogP contribution in [0.15, 0.2) is 77.9 Å². The zero-order chi connectivity index (χ0) is 21.4. The zero-order valence-electron chi connectivity index (χ0n) is 16.1. The van der Waals surface area contributed by atoms with Crippen molar-refractivity contribution in [3.8, 4) is 11.3 Å². The van der Waals surface area contributed by atoms with Crippen molar-refractivity contribution in [3.05, 3.63) is 106 Å². The molecular weight excluding hydrogens is 418 g/mol. The van der Waals surface area contributed by atoms with E-state index in [9.17, 15) is 8.78 Å². The van der Waals surface area contributed by atoms with Crippen LogP contribution in [0.25, 0.3) is 11.3 Å². The van der Waals surface area contributed by atoms with E-state index in [1.807, 2.05) is 30.3 Å². The molecule has 2 heterocycles. The molecule has 4 aromatic rings. The summed E-state index contributed by atoms with van der Waals surface area (Å²) in [5.41, 5.74) is 3.43. The van der Waals surface area contributed by atoms with Crippen molar-refractivity contribution in [3.63, 3.8) is 0 Å². The molecule has 31 heavy (non-hydrogen) atoms. The van der Waals surface area contributed by atoms with Crippen LogP contribution in [0, 0.1) is 11.6 Å². The molecule has 3 aromatic carbocycles. The highest BCUT2D eigenvalue weighted by atomic mass is 35.5. The second-order valence-corrected chi connectivity index (χ2v) is 7.45. The van der Waals surface area contributed by atoms with Crippen molar-refractivity contribution in [2.24, 2.45) is 4.99 Å². The van der Waals surface area contributed by atoms with Crippen molar-refractivity contribution in [2.45, 2.75) is 6.54 Å². The average molecular weight is 433 g/mol. The van der Waals surface area contributed by atoms with Gasteiger partial charge in [-0.05, 0) is 36.4 Å². The number of para-hydroxylation sites is 1. The Kier molecular flexibility index (Phi) is 4.92. The number of hydrogen-bond acceptors (Lipinski definition) is 4. The summed E-state index contributed by atoms with van der Waals surface area (Å²) in [6, 6.07) is 18.5. The second-order valence-electron chi connectivity index (χ2n) is 7.01. The number of nitrogens with one attached hydrogen (secondary N) is 1. The first kappa shape index (κ1) is 19.3. The van der Waals surface area contributed by atoms with Crippen molar-refractivity contribution < 1.29 is 8.78 Å². The minimum atomic E-state index is -0.687. The Balaban J connectivity index is 1.67. The molecule has 0 fully saturated rings. The van der Waals surface area contributed by atoms with E-state index in [0.29, 0.717) is 27.8 Å². The summed E-state index contributed by atoms with van der Waals surface area (Å²) in [6.45, 7) is 0.177. The monoisotopic (exact) mass is 432 g/mol. The van der Waals surface area contributed by atoms with Gasteiger partial charge >= 0.3 is 0 Å². The Labute approximate surface area is 182 Å². The van der Waals surface area contributed by atoms with E-state index < -0.39 is 11.6 Å². The topological polar surface area (TPSA) is 50.2 Å². The number of fused-ring (bicyclic) bond motifs is 3. The van der Waals surface area contributed by atoms with Gasteiger partial charge in [0.15, 0.2) is 0 Å². The fourth-order valence-electron chi connectivity index (χ4n) is 3.57. The van der Waals surface area contributed by atoms with Gasteiger partial charge in [-0.15, -0.1) is 0 Å². The summed E-state index contributed by atoms with van der Waals surface area (Å²) in [4.78, 5) is 13.6. The Morgan fingerprint density at radius 1 is 0.871 bits per heavy atom. The smallest absolute Gasteiger partial charge is 0.227 e. The predicted octanol–water partition coefficient (Wildman–Crippen LogP) is 6.17. The lowest BCUT2D eigenvalue weighted by atomic mass is 9.95. The number of hydrogen-bond donors (Lipinski definition) is 1. The molecule has 0 unspecified atom stereocenters. The summed E-state index contributed by atoms with van der Waals surface area (Å²) in [6.07, 6.45) is 1.68. The molecule has 4 nitrogen and oxygen atoms in total. The third-order valence-corrected chi connectivity index (χ3v) is 5.23. The van der Waals surface area contributed by atoms with Gasteiger partial charge in [0, 0.05) is 33.6 Å². The first-order valence-corrected chi connectivity index (χ1v) is 9.95. The molecule has 152 valence electrons. The number of aliphatic imine (C=N–C) groups is 1. The van der Waals surface area contributed by atoms with Crippen LogP contribution in [0.1, 0.15) is 16.7 Å². The van der Waals surface area contributed by atoms with Crippen LogP contribution in [0.2, 0.25) is 5.02 Å². The van der Waals surface area contributed by atoms with Gasteiger partial charge in [0.2, 0.25) is 5.95 Å². The molecule has 0 aliphatic carbocycles. The molecule has 0 saturated carbocycles. The fourth-order valence-corrected chi connectivity index (χ4v) is 3.74. The van der Waals surface area contributed by atoms with Crippen LogP contribution in [0.3, 0.4) is 0 Å². The van der Waals surface area contributed by atoms with Crippen LogP contribution in [0.4, 0.5) is 20.4 Å². The van der Waals surface area contributed by atoms with E-state index in [1.165, 1.54) is 18.2 Å². The van der Waals surface area contributed by atoms with Gasteiger partial charge in [-0.3, -0.25) is 4.99 Å². The summed E-state index contributed by atoms with van der Waals surface area (Å²) in [5, 5.41) is 3.61. The number of benzene rings is 3. The molecular formula is C24H15ClF2N4. The highest BCUT2D eigenvalue weighted by molar-refractivity contribution is 6.31. The van der Waals surface area contributed by atoms with Crippen LogP contribution in [-0.2, 0) is 6.54 Å². The van der Waals surface area contributed by atoms with Gasteiger partial charge in [0.05, 0.1) is 23.5 Å². The molecule has 1 aliphatic heterocycles. The van der Waals surface area contributed by atoms with E-state index in [-0.39, 0.29) is 17.8 Å². The molecule has 0 atom stereocenters. The fraction of sp³-hybridized carbons (Fsp3) is 0.0417. The number of halogens is 3. The molecule has 0 spiro atoms. The molecule has 1 aromatic heterocycles. The van der Waals surface area contributed by atoms with Crippen LogP contribution < -0.4 is 5.32 Å². The van der Waals surface area contributed by atoms with Crippen molar-refractivity contribution >= 4 is 28.9 Å². The molecule has 0 amide bonds. The number of rotatable bonds is 3. The summed E-state index contributed by atoms with van der Waals surface area (Å²) >= 11 is 6.24. The van der Waals surface area contributed by atoms with Gasteiger partial charge in [0.25, 0.3) is 0 Å². The first-order chi connectivity index (χ1) is 15.1. The Morgan fingerprint density at radius 2 is 1.65 bits per heavy atom. The summed E-state index contributed by atoms with van der Waals surface area (Å²) in [7, 11) is 0. The maximum atomic E-state index is 14.6. The molecule has 0 saturated heterocycles. The van der Waals surface area contributed by atoms with Crippen LogP contribution >= 0.6 is 11.6 Å². The normalized spacial score (nSPS) is 12.4. The van der Waals surface area contributed by atoms with Crippen molar-refractivity contribution in [1.29, 1.82) is 0 Å². The standard InChI is InChI=1S/C24H15ClF2N4/c25-15-9-10-17-18(11-15)23(21-19(26)7-4-8-20(21)27)28-12-14-13-29-24(31-22(14)17)30-16-5-2-1-3-6-16/h1-11,13H,12H2,(H,29,30,31). The molecule has 5 rings (SSSR count). The van der Waals surface area contributed by atoms with E-state index in [1.54, 1.807) is 24.4 Å². The molecule has 1 aliphatic rings. The van der Waals surface area contributed by atoms with Crippen molar-refractivity contribution in [2.75, 3.05) is 5.32 Å². The molecule has 1 N–H and O–H groups in total. The lowest BCUT2D eigenvalue weighted by molar-refractivity contribution is 0.579. The minimum absolute atomic E-state index is 0.177. The lowest BCUT2D eigenvalue weighted by Crippen LogP contribution is -2.10. The van der Waals surface area contributed by atoms with Gasteiger partial charge in [-0.2, -0.15) is 0 Å². The second kappa shape index (κ2) is 7.89. The maximum absolute atomic E-state index is 14.6. The molecule has 0 radical (unpaired) electrons. The third-order valence-electron chi connectivity index (χ3n) is 4.99. The minimum Gasteiger partial charge on any atom is -0.324 e. The Morgan fingerprint density at radius 3 is 2.42 bits per heavy atom. The van der Waals surface area contributed by atoms with Gasteiger partial charge in [0.1, 0.15) is 11.6 Å². The quantitative estimate of drug-likeness (QED) is 0.421. The lowest BCUT2D eigenvalue weighted by Gasteiger charge is -2.13. The number of aromatic nitrogens is 2. The average Bonchev–Trinajstić information content (AvgIpc) is 2.91.